The Kier molecular flexibility index (Phi) is 5.34. The van der Waals surface area contributed by atoms with Crippen LogP contribution in [0.3, 0.4) is 0 Å². The van der Waals surface area contributed by atoms with Crippen LogP contribution in [0.4, 0.5) is 0 Å². The molecule has 0 aliphatic rings. The molecule has 0 radical (unpaired) electrons. The van der Waals surface area contributed by atoms with E-state index in [1.165, 1.54) is 7.11 Å². The van der Waals surface area contributed by atoms with Crippen molar-refractivity contribution in [2.24, 2.45) is 0 Å². The number of imidazole rings is 1. The fourth-order valence-electron chi connectivity index (χ4n) is 0.389. The highest BCUT2D eigenvalue weighted by Gasteiger charge is 1.95. The van der Waals surface area contributed by atoms with E-state index in [0.29, 0.717) is 5.57 Å². The number of hydrogen-bond donors (Lipinski definition) is 1. The zero-order valence-corrected chi connectivity index (χ0v) is 7.20. The fraction of sp³-hybridized carbons (Fsp3) is 0.250. The van der Waals surface area contributed by atoms with Crippen LogP contribution < -0.4 is 0 Å². The number of rotatable bonds is 1. The second-order valence-electron chi connectivity index (χ2n) is 2.03. The van der Waals surface area contributed by atoms with E-state index < -0.39 is 0 Å². The van der Waals surface area contributed by atoms with Crippen molar-refractivity contribution in [3.8, 4) is 0 Å². The molecule has 0 fully saturated rings. The molecule has 4 heteroatoms. The first-order chi connectivity index (χ1) is 5.68. The Bertz CT molecular complexity index is 212. The van der Waals surface area contributed by atoms with E-state index >= 15 is 0 Å². The molecule has 0 saturated heterocycles. The average Bonchev–Trinajstić information content (AvgIpc) is 2.59. The predicted octanol–water partition coefficient (Wildman–Crippen LogP) is 1.15. The average molecular weight is 168 g/mol. The molecule has 1 rings (SSSR count). The summed E-state index contributed by atoms with van der Waals surface area (Å²) in [4.78, 5) is 16.6. The number of aromatic amines is 1. The summed E-state index contributed by atoms with van der Waals surface area (Å²) in [7, 11) is 1.33. The standard InChI is InChI=1S/C5H8O2.C3H4N2/c1-4(2)5(6)7-3;1-2-5-3-4-1/h1H2,2-3H3;1-3H,(H,4,5). The summed E-state index contributed by atoms with van der Waals surface area (Å²) in [5.41, 5.74) is 0.433. The van der Waals surface area contributed by atoms with E-state index in [0.717, 1.165) is 0 Å². The summed E-state index contributed by atoms with van der Waals surface area (Å²) < 4.78 is 4.27. The van der Waals surface area contributed by atoms with Crippen molar-refractivity contribution >= 4 is 5.97 Å². The summed E-state index contributed by atoms with van der Waals surface area (Å²) in [6.07, 6.45) is 5.08. The molecule has 1 N–H and O–H groups in total. The van der Waals surface area contributed by atoms with Crippen LogP contribution in [-0.2, 0) is 9.53 Å². The largest absolute Gasteiger partial charge is 0.466 e. The lowest BCUT2D eigenvalue weighted by Crippen LogP contribution is -1.98. The summed E-state index contributed by atoms with van der Waals surface area (Å²) in [6, 6.07) is 0. The second kappa shape index (κ2) is 6.15. The molecular formula is C8H12N2O2. The van der Waals surface area contributed by atoms with E-state index in [1.807, 2.05) is 0 Å². The van der Waals surface area contributed by atoms with Crippen LogP contribution in [0.5, 0.6) is 0 Å². The molecule has 1 heterocycles. The number of H-pyrrole nitrogens is 1. The molecule has 0 spiro atoms. The SMILES string of the molecule is C=C(C)C(=O)OC.c1c[nH]cn1. The summed E-state index contributed by atoms with van der Waals surface area (Å²) in [6.45, 7) is 4.95. The van der Waals surface area contributed by atoms with Crippen LogP contribution in [0.2, 0.25) is 0 Å². The van der Waals surface area contributed by atoms with Gasteiger partial charge in [0.25, 0.3) is 0 Å². The van der Waals surface area contributed by atoms with Crippen molar-refractivity contribution in [1.82, 2.24) is 9.97 Å². The van der Waals surface area contributed by atoms with Gasteiger partial charge in [0.1, 0.15) is 0 Å². The number of aromatic nitrogens is 2. The van der Waals surface area contributed by atoms with Gasteiger partial charge in [-0.05, 0) is 6.92 Å². The number of carbonyl (C=O) groups is 1. The van der Waals surface area contributed by atoms with Gasteiger partial charge in [0.05, 0.1) is 13.4 Å². The van der Waals surface area contributed by atoms with Gasteiger partial charge in [-0.15, -0.1) is 0 Å². The summed E-state index contributed by atoms with van der Waals surface area (Å²) >= 11 is 0. The van der Waals surface area contributed by atoms with Crippen molar-refractivity contribution in [1.29, 1.82) is 0 Å². The van der Waals surface area contributed by atoms with Crippen LogP contribution in [-0.4, -0.2) is 23.0 Å². The Morgan fingerprint density at radius 1 is 1.67 bits per heavy atom. The van der Waals surface area contributed by atoms with E-state index in [4.69, 9.17) is 0 Å². The predicted molar refractivity (Wildman–Crippen MR) is 45.4 cm³/mol. The lowest BCUT2D eigenvalue weighted by atomic mass is 10.4. The lowest BCUT2D eigenvalue weighted by Gasteiger charge is -1.91. The molecule has 0 atom stereocenters. The van der Waals surface area contributed by atoms with Crippen LogP contribution in [0, 0.1) is 0 Å². The van der Waals surface area contributed by atoms with Gasteiger partial charge in [-0.3, -0.25) is 0 Å². The molecule has 12 heavy (non-hydrogen) atoms. The number of nitrogens with one attached hydrogen (secondary N) is 1. The minimum absolute atomic E-state index is 0.347. The minimum atomic E-state index is -0.347. The van der Waals surface area contributed by atoms with E-state index in [9.17, 15) is 4.79 Å². The smallest absolute Gasteiger partial charge is 0.332 e. The molecule has 0 bridgehead atoms. The first-order valence-electron chi connectivity index (χ1n) is 3.35. The fourth-order valence-corrected chi connectivity index (χ4v) is 0.389. The van der Waals surface area contributed by atoms with Crippen LogP contribution in [0.15, 0.2) is 30.9 Å². The Labute approximate surface area is 71.3 Å². The molecule has 0 aliphatic heterocycles. The van der Waals surface area contributed by atoms with Gasteiger partial charge < -0.3 is 9.72 Å². The first kappa shape index (κ1) is 10.4. The van der Waals surface area contributed by atoms with Crippen LogP contribution in [0.25, 0.3) is 0 Å². The van der Waals surface area contributed by atoms with E-state index in [-0.39, 0.29) is 5.97 Å². The number of ether oxygens (including phenoxy) is 1. The highest BCUT2D eigenvalue weighted by Crippen LogP contribution is 1.87. The highest BCUT2D eigenvalue weighted by atomic mass is 16.5. The third-order valence-corrected chi connectivity index (χ3v) is 0.940. The highest BCUT2D eigenvalue weighted by molar-refractivity contribution is 5.86. The number of esters is 1. The van der Waals surface area contributed by atoms with E-state index in [1.54, 1.807) is 25.6 Å². The lowest BCUT2D eigenvalue weighted by molar-refractivity contribution is -0.136. The molecule has 0 aromatic carbocycles. The quantitative estimate of drug-likeness (QED) is 0.505. The van der Waals surface area contributed by atoms with Crippen molar-refractivity contribution in [2.45, 2.75) is 6.92 Å². The van der Waals surface area contributed by atoms with Gasteiger partial charge in [-0.25, -0.2) is 9.78 Å². The Morgan fingerprint density at radius 3 is 2.42 bits per heavy atom. The Hall–Kier alpha value is -1.58. The minimum Gasteiger partial charge on any atom is -0.466 e. The molecular weight excluding hydrogens is 156 g/mol. The van der Waals surface area contributed by atoms with Crippen molar-refractivity contribution in [3.05, 3.63) is 30.9 Å². The molecule has 1 aromatic rings. The second-order valence-corrected chi connectivity index (χ2v) is 2.03. The number of hydrogen-bond acceptors (Lipinski definition) is 3. The maximum atomic E-state index is 10.2. The maximum absolute atomic E-state index is 10.2. The topological polar surface area (TPSA) is 55.0 Å². The Balaban J connectivity index is 0.000000211. The van der Waals surface area contributed by atoms with Gasteiger partial charge in [0, 0.05) is 18.0 Å². The van der Waals surface area contributed by atoms with Crippen molar-refractivity contribution in [3.63, 3.8) is 0 Å². The molecule has 0 saturated carbocycles. The van der Waals surface area contributed by atoms with E-state index in [2.05, 4.69) is 21.3 Å². The van der Waals surface area contributed by atoms with Gasteiger partial charge in [-0.1, -0.05) is 6.58 Å². The van der Waals surface area contributed by atoms with Gasteiger partial charge in [0.15, 0.2) is 0 Å². The number of carbonyl (C=O) groups excluding carboxylic acids is 1. The molecule has 4 nitrogen and oxygen atoms in total. The van der Waals surface area contributed by atoms with Gasteiger partial charge in [0.2, 0.25) is 0 Å². The zero-order valence-electron chi connectivity index (χ0n) is 7.20. The van der Waals surface area contributed by atoms with Gasteiger partial charge >= 0.3 is 5.97 Å². The molecule has 0 aliphatic carbocycles. The third kappa shape index (κ3) is 5.22. The first-order valence-corrected chi connectivity index (χ1v) is 3.35. The summed E-state index contributed by atoms with van der Waals surface area (Å²) in [5.74, 6) is -0.347. The number of methoxy groups -OCH3 is 1. The van der Waals surface area contributed by atoms with Crippen molar-refractivity contribution in [2.75, 3.05) is 7.11 Å². The third-order valence-electron chi connectivity index (χ3n) is 0.940. The molecule has 66 valence electrons. The zero-order chi connectivity index (χ0) is 9.40. The summed E-state index contributed by atoms with van der Waals surface area (Å²) in [5, 5.41) is 0. The molecule has 0 amide bonds. The molecule has 1 aromatic heterocycles. The van der Waals surface area contributed by atoms with Crippen molar-refractivity contribution < 1.29 is 9.53 Å². The number of nitrogens with zero attached hydrogens (tertiary/aromatic N) is 1. The molecule has 0 unspecified atom stereocenters. The van der Waals surface area contributed by atoms with Crippen LogP contribution in [0.1, 0.15) is 6.92 Å². The Morgan fingerprint density at radius 2 is 2.33 bits per heavy atom. The maximum Gasteiger partial charge on any atom is 0.332 e. The normalized spacial score (nSPS) is 7.83. The monoisotopic (exact) mass is 168 g/mol. The van der Waals surface area contributed by atoms with Gasteiger partial charge in [-0.2, -0.15) is 0 Å². The van der Waals surface area contributed by atoms with Crippen LogP contribution >= 0.6 is 0 Å².